The number of nitrogens with zero attached hydrogens (tertiary/aromatic N) is 5. The quantitative estimate of drug-likeness (QED) is 0.561. The molecule has 7 nitrogen and oxygen atoms in total. The van der Waals surface area contributed by atoms with Gasteiger partial charge in [0.15, 0.2) is 0 Å². The number of piperazine rings is 1. The Kier molecular flexibility index (Phi) is 6.34. The van der Waals surface area contributed by atoms with Crippen molar-refractivity contribution in [1.29, 1.82) is 0 Å². The van der Waals surface area contributed by atoms with Gasteiger partial charge in [-0.1, -0.05) is 17.7 Å². The third-order valence-corrected chi connectivity index (χ3v) is 6.44. The summed E-state index contributed by atoms with van der Waals surface area (Å²) < 4.78 is 19.9. The number of hydrogen-bond acceptors (Lipinski definition) is 6. The fraction of sp³-hybridized carbons (Fsp3) is 0.320. The number of fused-ring (bicyclic) bond motifs is 1. The topological polar surface area (TPSA) is 61.8 Å². The molecule has 3 heterocycles. The molecule has 2 aliphatic heterocycles. The average Bonchev–Trinajstić information content (AvgIpc) is 2.84. The number of likely N-dealkylation sites (N-methyl/N-ethyl adjacent to an activating group) is 1. The first-order valence-electron chi connectivity index (χ1n) is 11.3. The number of anilines is 1. The summed E-state index contributed by atoms with van der Waals surface area (Å²) in [5, 5.41) is 0.580. The minimum absolute atomic E-state index is 0.0952. The van der Waals surface area contributed by atoms with Crippen molar-refractivity contribution in [3.8, 4) is 11.6 Å². The van der Waals surface area contributed by atoms with Crippen molar-refractivity contribution in [2.75, 3.05) is 44.7 Å². The molecule has 3 aromatic rings. The Morgan fingerprint density at radius 2 is 1.79 bits per heavy atom. The number of ether oxygens (including phenoxy) is 1. The fourth-order valence-electron chi connectivity index (χ4n) is 4.19. The molecule has 0 unspecified atom stereocenters. The number of aromatic nitrogens is 2. The Hall–Kier alpha value is -3.23. The fourth-order valence-corrected chi connectivity index (χ4v) is 4.32. The monoisotopic (exact) mass is 481 g/mol. The zero-order chi connectivity index (χ0) is 23.7. The van der Waals surface area contributed by atoms with Gasteiger partial charge in [-0.05, 0) is 43.4 Å². The summed E-state index contributed by atoms with van der Waals surface area (Å²) in [4.78, 5) is 28.9. The lowest BCUT2D eigenvalue weighted by Gasteiger charge is -2.34. The van der Waals surface area contributed by atoms with Gasteiger partial charge >= 0.3 is 0 Å². The zero-order valence-corrected chi connectivity index (χ0v) is 19.6. The van der Waals surface area contributed by atoms with E-state index in [1.54, 1.807) is 41.3 Å². The number of carbonyl (C=O) groups is 1. The second-order valence-electron chi connectivity index (χ2n) is 8.59. The maximum atomic E-state index is 13.8. The third-order valence-electron chi connectivity index (χ3n) is 6.19. The van der Waals surface area contributed by atoms with E-state index in [4.69, 9.17) is 26.3 Å². The molecule has 0 saturated carbocycles. The van der Waals surface area contributed by atoms with Gasteiger partial charge in [-0.15, -0.1) is 0 Å². The summed E-state index contributed by atoms with van der Waals surface area (Å²) in [6.45, 7) is 4.32. The van der Waals surface area contributed by atoms with Crippen LogP contribution in [-0.4, -0.2) is 65.4 Å². The second kappa shape index (κ2) is 9.56. The van der Waals surface area contributed by atoms with Crippen molar-refractivity contribution in [3.05, 3.63) is 76.2 Å². The van der Waals surface area contributed by atoms with Crippen molar-refractivity contribution in [2.24, 2.45) is 0 Å². The van der Waals surface area contributed by atoms with E-state index in [2.05, 4.69) is 16.8 Å². The summed E-state index contributed by atoms with van der Waals surface area (Å²) in [5.74, 6) is 0.835. The maximum Gasteiger partial charge on any atom is 0.254 e. The lowest BCUT2D eigenvalue weighted by atomic mass is 10.1. The Labute approximate surface area is 202 Å². The van der Waals surface area contributed by atoms with Crippen molar-refractivity contribution in [2.45, 2.75) is 13.0 Å². The molecule has 176 valence electrons. The highest BCUT2D eigenvalue weighted by Crippen LogP contribution is 2.32. The lowest BCUT2D eigenvalue weighted by Crippen LogP contribution is -2.45. The smallest absolute Gasteiger partial charge is 0.254 e. The van der Waals surface area contributed by atoms with Gasteiger partial charge in [-0.25, -0.2) is 9.37 Å². The molecule has 9 heteroatoms. The Morgan fingerprint density at radius 3 is 2.53 bits per heavy atom. The molecule has 5 rings (SSSR count). The first kappa shape index (κ1) is 22.6. The number of carbonyl (C=O) groups excluding carboxylic acids is 1. The predicted octanol–water partition coefficient (Wildman–Crippen LogP) is 4.01. The van der Waals surface area contributed by atoms with E-state index < -0.39 is 0 Å². The SMILES string of the molecule is CN1CCN(c2nc3c(c(Oc4cccc(F)c4)n2)CN(C(=O)c2ccc(Cl)cc2)CC3)CC1. The number of rotatable bonds is 4. The van der Waals surface area contributed by atoms with Crippen LogP contribution in [0.2, 0.25) is 5.02 Å². The normalized spacial score (nSPS) is 16.3. The molecule has 1 saturated heterocycles. The number of hydrogen-bond donors (Lipinski definition) is 0. The molecule has 0 atom stereocenters. The highest BCUT2D eigenvalue weighted by Gasteiger charge is 2.29. The molecule has 0 radical (unpaired) electrons. The number of amides is 1. The van der Waals surface area contributed by atoms with Gasteiger partial charge in [0.05, 0.1) is 17.8 Å². The molecule has 2 aromatic carbocycles. The zero-order valence-electron chi connectivity index (χ0n) is 18.9. The van der Waals surface area contributed by atoms with Crippen LogP contribution in [0.1, 0.15) is 21.6 Å². The standard InChI is InChI=1S/C25H25ClFN5O2/c1-30-11-13-31(14-12-30)25-28-22-9-10-32(24(33)17-5-7-18(26)8-6-17)16-21(22)23(29-25)34-20-4-2-3-19(27)15-20/h2-8,15H,9-14,16H2,1H3. The van der Waals surface area contributed by atoms with Crippen LogP contribution >= 0.6 is 11.6 Å². The minimum atomic E-state index is -0.390. The summed E-state index contributed by atoms with van der Waals surface area (Å²) in [5.41, 5.74) is 2.17. The number of halogens is 2. The van der Waals surface area contributed by atoms with Gasteiger partial charge in [0.25, 0.3) is 5.91 Å². The molecule has 1 aromatic heterocycles. The highest BCUT2D eigenvalue weighted by molar-refractivity contribution is 6.30. The summed E-state index contributed by atoms with van der Waals surface area (Å²) in [6.07, 6.45) is 0.581. The van der Waals surface area contributed by atoms with Crippen LogP contribution in [0, 0.1) is 5.82 Å². The predicted molar refractivity (Wildman–Crippen MR) is 128 cm³/mol. The molecule has 34 heavy (non-hydrogen) atoms. The molecule has 0 spiro atoms. The maximum absolute atomic E-state index is 13.8. The molecular weight excluding hydrogens is 457 g/mol. The Morgan fingerprint density at radius 1 is 1.03 bits per heavy atom. The van der Waals surface area contributed by atoms with E-state index in [0.29, 0.717) is 47.7 Å². The average molecular weight is 482 g/mol. The van der Waals surface area contributed by atoms with Crippen LogP contribution in [-0.2, 0) is 13.0 Å². The van der Waals surface area contributed by atoms with E-state index in [-0.39, 0.29) is 11.7 Å². The second-order valence-corrected chi connectivity index (χ2v) is 9.02. The molecule has 0 N–H and O–H groups in total. The van der Waals surface area contributed by atoms with E-state index in [0.717, 1.165) is 37.4 Å². The summed E-state index contributed by atoms with van der Waals surface area (Å²) in [6, 6.07) is 12.8. The summed E-state index contributed by atoms with van der Waals surface area (Å²) >= 11 is 5.97. The largest absolute Gasteiger partial charge is 0.438 e. The molecular formula is C25H25ClFN5O2. The van der Waals surface area contributed by atoms with Crippen LogP contribution in [0.15, 0.2) is 48.5 Å². The van der Waals surface area contributed by atoms with Crippen molar-refractivity contribution in [1.82, 2.24) is 19.8 Å². The van der Waals surface area contributed by atoms with Crippen LogP contribution in [0.4, 0.5) is 10.3 Å². The van der Waals surface area contributed by atoms with Gasteiger partial charge in [0, 0.05) is 55.8 Å². The molecule has 0 aliphatic carbocycles. The van der Waals surface area contributed by atoms with Crippen LogP contribution in [0.25, 0.3) is 0 Å². The van der Waals surface area contributed by atoms with E-state index in [1.807, 2.05) is 0 Å². The lowest BCUT2D eigenvalue weighted by molar-refractivity contribution is 0.0732. The first-order valence-corrected chi connectivity index (χ1v) is 11.7. The molecule has 2 aliphatic rings. The minimum Gasteiger partial charge on any atom is -0.438 e. The van der Waals surface area contributed by atoms with E-state index in [1.165, 1.54) is 12.1 Å². The molecule has 1 amide bonds. The molecule has 0 bridgehead atoms. The highest BCUT2D eigenvalue weighted by atomic mass is 35.5. The first-order chi connectivity index (χ1) is 16.5. The third kappa shape index (κ3) is 4.83. The van der Waals surface area contributed by atoms with Gasteiger partial charge in [-0.3, -0.25) is 4.79 Å². The molecule has 1 fully saturated rings. The van der Waals surface area contributed by atoms with Gasteiger partial charge in [0.1, 0.15) is 11.6 Å². The van der Waals surface area contributed by atoms with E-state index in [9.17, 15) is 9.18 Å². The van der Waals surface area contributed by atoms with Crippen LogP contribution in [0.3, 0.4) is 0 Å². The van der Waals surface area contributed by atoms with Crippen LogP contribution < -0.4 is 9.64 Å². The Bertz CT molecular complexity index is 1200. The summed E-state index contributed by atoms with van der Waals surface area (Å²) in [7, 11) is 2.09. The van der Waals surface area contributed by atoms with E-state index >= 15 is 0 Å². The van der Waals surface area contributed by atoms with Gasteiger partial charge in [0.2, 0.25) is 11.8 Å². The number of benzene rings is 2. The van der Waals surface area contributed by atoms with Crippen LogP contribution in [0.5, 0.6) is 11.6 Å². The van der Waals surface area contributed by atoms with Crippen molar-refractivity contribution in [3.63, 3.8) is 0 Å². The van der Waals surface area contributed by atoms with Gasteiger partial charge < -0.3 is 19.4 Å². The Balaban J connectivity index is 1.47. The van der Waals surface area contributed by atoms with Gasteiger partial charge in [-0.2, -0.15) is 4.98 Å². The van der Waals surface area contributed by atoms with Crippen molar-refractivity contribution < 1.29 is 13.9 Å². The van der Waals surface area contributed by atoms with Crippen molar-refractivity contribution >= 4 is 23.5 Å².